The summed E-state index contributed by atoms with van der Waals surface area (Å²) in [6, 6.07) is 13.9. The molecule has 0 spiro atoms. The van der Waals surface area contributed by atoms with Crippen molar-refractivity contribution in [2.24, 2.45) is 0 Å². The molecular weight excluding hydrogens is 467 g/mol. The van der Waals surface area contributed by atoms with Gasteiger partial charge in [-0.25, -0.2) is 19.0 Å². The van der Waals surface area contributed by atoms with Crippen molar-refractivity contribution >= 4 is 34.4 Å². The number of halogens is 2. The smallest absolute Gasteiger partial charge is 0.230 e. The SMILES string of the molecule is O=C(NCCn1ncc2c(NCc3ccc(F)cc3)ncnc21)C1(c2ccc(Cl)cc2)CCCC1. The van der Waals surface area contributed by atoms with Crippen LogP contribution in [-0.4, -0.2) is 32.2 Å². The van der Waals surface area contributed by atoms with Crippen molar-refractivity contribution < 1.29 is 9.18 Å². The van der Waals surface area contributed by atoms with Gasteiger partial charge < -0.3 is 10.6 Å². The van der Waals surface area contributed by atoms with Crippen molar-refractivity contribution in [3.05, 3.63) is 83.0 Å². The van der Waals surface area contributed by atoms with Gasteiger partial charge in [0.15, 0.2) is 5.65 Å². The summed E-state index contributed by atoms with van der Waals surface area (Å²) in [7, 11) is 0. The Labute approximate surface area is 207 Å². The average molecular weight is 493 g/mol. The van der Waals surface area contributed by atoms with Gasteiger partial charge in [-0.2, -0.15) is 5.10 Å². The number of nitrogens with one attached hydrogen (secondary N) is 2. The number of amides is 1. The molecule has 180 valence electrons. The molecule has 1 fully saturated rings. The first kappa shape index (κ1) is 23.2. The molecule has 1 aliphatic rings. The lowest BCUT2D eigenvalue weighted by Gasteiger charge is -2.28. The molecule has 0 aliphatic heterocycles. The van der Waals surface area contributed by atoms with E-state index in [2.05, 4.69) is 25.7 Å². The minimum Gasteiger partial charge on any atom is -0.365 e. The summed E-state index contributed by atoms with van der Waals surface area (Å²) in [6.45, 7) is 1.42. The summed E-state index contributed by atoms with van der Waals surface area (Å²) in [5.74, 6) is 0.436. The lowest BCUT2D eigenvalue weighted by Crippen LogP contribution is -2.43. The molecule has 0 saturated heterocycles. The predicted octanol–water partition coefficient (Wildman–Crippen LogP) is 4.86. The molecule has 1 amide bonds. The van der Waals surface area contributed by atoms with Crippen molar-refractivity contribution in [3.8, 4) is 0 Å². The van der Waals surface area contributed by atoms with Crippen LogP contribution < -0.4 is 10.6 Å². The van der Waals surface area contributed by atoms with Crippen molar-refractivity contribution in [1.82, 2.24) is 25.1 Å². The molecule has 4 aromatic rings. The molecule has 7 nitrogen and oxygen atoms in total. The van der Waals surface area contributed by atoms with Crippen LogP contribution in [-0.2, 0) is 23.3 Å². The Kier molecular flexibility index (Phi) is 6.63. The minimum absolute atomic E-state index is 0.0464. The Bertz CT molecular complexity index is 1320. The molecule has 0 atom stereocenters. The quantitative estimate of drug-likeness (QED) is 0.367. The molecule has 0 bridgehead atoms. The second kappa shape index (κ2) is 10.00. The summed E-state index contributed by atoms with van der Waals surface area (Å²) in [5, 5.41) is 12.3. The lowest BCUT2D eigenvalue weighted by atomic mass is 9.78. The van der Waals surface area contributed by atoms with E-state index in [-0.39, 0.29) is 11.7 Å². The average Bonchev–Trinajstić information content (AvgIpc) is 3.53. The maximum absolute atomic E-state index is 13.3. The minimum atomic E-state index is -0.504. The Balaban J connectivity index is 1.24. The normalized spacial score (nSPS) is 14.8. The van der Waals surface area contributed by atoms with Gasteiger partial charge in [-0.3, -0.25) is 4.79 Å². The highest BCUT2D eigenvalue weighted by atomic mass is 35.5. The highest BCUT2D eigenvalue weighted by Crippen LogP contribution is 2.41. The van der Waals surface area contributed by atoms with Crippen LogP contribution in [0.4, 0.5) is 10.2 Å². The van der Waals surface area contributed by atoms with Crippen LogP contribution in [0, 0.1) is 5.82 Å². The molecule has 2 aromatic carbocycles. The standard InChI is InChI=1S/C26H26ClFN6O/c27-20-7-5-19(6-8-20)26(11-1-2-12-26)25(35)29-13-14-34-24-22(16-33-34)23(31-17-32-24)30-15-18-3-9-21(28)10-4-18/h3-10,16-17H,1-2,11-15H2,(H,29,35)(H,30,31,32). The number of benzene rings is 2. The number of anilines is 1. The fraction of sp³-hybridized carbons (Fsp3) is 0.308. The van der Waals surface area contributed by atoms with E-state index in [1.54, 1.807) is 23.0 Å². The van der Waals surface area contributed by atoms with E-state index in [0.717, 1.165) is 42.2 Å². The topological polar surface area (TPSA) is 84.7 Å². The van der Waals surface area contributed by atoms with Crippen molar-refractivity contribution in [2.45, 2.75) is 44.2 Å². The van der Waals surface area contributed by atoms with Crippen LogP contribution in [0.1, 0.15) is 36.8 Å². The van der Waals surface area contributed by atoms with Crippen LogP contribution in [0.5, 0.6) is 0 Å². The molecule has 0 radical (unpaired) electrons. The first-order chi connectivity index (χ1) is 17.0. The van der Waals surface area contributed by atoms with E-state index in [1.165, 1.54) is 18.5 Å². The van der Waals surface area contributed by atoms with Crippen LogP contribution in [0.2, 0.25) is 5.02 Å². The van der Waals surface area contributed by atoms with Crippen molar-refractivity contribution in [1.29, 1.82) is 0 Å². The number of aromatic nitrogens is 4. The summed E-state index contributed by atoms with van der Waals surface area (Å²) < 4.78 is 14.9. The Morgan fingerprint density at radius 2 is 1.80 bits per heavy atom. The number of carbonyl (C=O) groups excluding carboxylic acids is 1. The zero-order chi connectivity index (χ0) is 24.3. The summed E-state index contributed by atoms with van der Waals surface area (Å²) >= 11 is 6.06. The summed E-state index contributed by atoms with van der Waals surface area (Å²) in [4.78, 5) is 22.0. The second-order valence-corrected chi connectivity index (χ2v) is 9.30. The highest BCUT2D eigenvalue weighted by Gasteiger charge is 2.42. The fourth-order valence-electron chi connectivity index (χ4n) is 4.82. The van der Waals surface area contributed by atoms with Crippen LogP contribution in [0.25, 0.3) is 11.0 Å². The van der Waals surface area contributed by atoms with Crippen molar-refractivity contribution in [2.75, 3.05) is 11.9 Å². The van der Waals surface area contributed by atoms with E-state index in [0.29, 0.717) is 36.1 Å². The van der Waals surface area contributed by atoms with Gasteiger partial charge in [-0.05, 0) is 48.2 Å². The fourth-order valence-corrected chi connectivity index (χ4v) is 4.95. The monoisotopic (exact) mass is 492 g/mol. The number of nitrogens with zero attached hydrogens (tertiary/aromatic N) is 4. The third-order valence-electron chi connectivity index (χ3n) is 6.70. The zero-order valence-electron chi connectivity index (χ0n) is 19.2. The van der Waals surface area contributed by atoms with Gasteiger partial charge in [0, 0.05) is 18.1 Å². The molecule has 2 N–H and O–H groups in total. The largest absolute Gasteiger partial charge is 0.365 e. The van der Waals surface area contributed by atoms with Crippen LogP contribution in [0.15, 0.2) is 61.1 Å². The number of hydrogen-bond acceptors (Lipinski definition) is 5. The number of hydrogen-bond donors (Lipinski definition) is 2. The first-order valence-corrected chi connectivity index (χ1v) is 12.1. The Hall–Kier alpha value is -3.52. The van der Waals surface area contributed by atoms with Crippen LogP contribution in [0.3, 0.4) is 0 Å². The lowest BCUT2D eigenvalue weighted by molar-refractivity contribution is -0.126. The Morgan fingerprint density at radius 3 is 2.54 bits per heavy atom. The van der Waals surface area contributed by atoms with Gasteiger partial charge in [0.05, 0.1) is 23.5 Å². The van der Waals surface area contributed by atoms with Gasteiger partial charge in [0.25, 0.3) is 0 Å². The molecular formula is C26H26ClFN6O. The molecule has 35 heavy (non-hydrogen) atoms. The summed E-state index contributed by atoms with van der Waals surface area (Å²) in [5.41, 5.74) is 2.14. The van der Waals surface area contributed by atoms with E-state index >= 15 is 0 Å². The maximum Gasteiger partial charge on any atom is 0.230 e. The third-order valence-corrected chi connectivity index (χ3v) is 6.96. The van der Waals surface area contributed by atoms with Crippen molar-refractivity contribution in [3.63, 3.8) is 0 Å². The molecule has 0 unspecified atom stereocenters. The molecule has 1 aliphatic carbocycles. The zero-order valence-corrected chi connectivity index (χ0v) is 19.9. The van der Waals surface area contributed by atoms with Gasteiger partial charge in [-0.15, -0.1) is 0 Å². The van der Waals surface area contributed by atoms with E-state index in [4.69, 9.17) is 11.6 Å². The third kappa shape index (κ3) is 4.84. The first-order valence-electron chi connectivity index (χ1n) is 11.7. The van der Waals surface area contributed by atoms with E-state index in [1.807, 2.05) is 24.3 Å². The molecule has 2 aromatic heterocycles. The van der Waals surface area contributed by atoms with Crippen LogP contribution >= 0.6 is 11.6 Å². The molecule has 1 saturated carbocycles. The highest BCUT2D eigenvalue weighted by molar-refractivity contribution is 6.30. The number of carbonyl (C=O) groups is 1. The molecule has 5 rings (SSSR count). The van der Waals surface area contributed by atoms with Gasteiger partial charge in [0.2, 0.25) is 5.91 Å². The predicted molar refractivity (Wildman–Crippen MR) is 134 cm³/mol. The number of rotatable bonds is 8. The van der Waals surface area contributed by atoms with Gasteiger partial charge in [-0.1, -0.05) is 48.7 Å². The van der Waals surface area contributed by atoms with E-state index < -0.39 is 5.41 Å². The second-order valence-electron chi connectivity index (χ2n) is 8.86. The Morgan fingerprint density at radius 1 is 1.06 bits per heavy atom. The molecule has 2 heterocycles. The number of fused-ring (bicyclic) bond motifs is 1. The van der Waals surface area contributed by atoms with Gasteiger partial charge in [0.1, 0.15) is 18.0 Å². The van der Waals surface area contributed by atoms with Gasteiger partial charge >= 0.3 is 0 Å². The van der Waals surface area contributed by atoms with E-state index in [9.17, 15) is 9.18 Å². The maximum atomic E-state index is 13.3. The molecule has 9 heteroatoms. The summed E-state index contributed by atoms with van der Waals surface area (Å²) in [6.07, 6.45) is 6.94.